The van der Waals surface area contributed by atoms with E-state index in [-0.39, 0.29) is 12.3 Å². The zero-order valence-electron chi connectivity index (χ0n) is 11.7. The van der Waals surface area contributed by atoms with Crippen LogP contribution >= 0.6 is 0 Å². The highest BCUT2D eigenvalue weighted by atomic mass is 19.4. The quantitative estimate of drug-likeness (QED) is 0.922. The van der Waals surface area contributed by atoms with Crippen LogP contribution in [0.15, 0.2) is 30.5 Å². The fourth-order valence-electron chi connectivity index (χ4n) is 1.92. The van der Waals surface area contributed by atoms with Gasteiger partial charge in [-0.15, -0.1) is 13.2 Å². The summed E-state index contributed by atoms with van der Waals surface area (Å²) in [5, 5.41) is 7.21. The van der Waals surface area contributed by atoms with Gasteiger partial charge >= 0.3 is 6.36 Å². The van der Waals surface area contributed by atoms with Gasteiger partial charge in [-0.25, -0.2) is 0 Å². The second-order valence-corrected chi connectivity index (χ2v) is 4.64. The summed E-state index contributed by atoms with van der Waals surface area (Å²) in [7, 11) is 1.84. The normalized spacial score (nSPS) is 11.7. The number of benzene rings is 1. The first-order valence-corrected chi connectivity index (χ1v) is 6.38. The Morgan fingerprint density at radius 2 is 1.86 bits per heavy atom. The highest BCUT2D eigenvalue weighted by Crippen LogP contribution is 2.26. The van der Waals surface area contributed by atoms with E-state index in [4.69, 9.17) is 0 Å². The Balaban J connectivity index is 1.99. The maximum absolute atomic E-state index is 12.3. The fraction of sp³-hybridized carbons (Fsp3) is 0.357. The van der Waals surface area contributed by atoms with Gasteiger partial charge in [0.1, 0.15) is 5.75 Å². The number of para-hydroxylation sites is 1. The van der Waals surface area contributed by atoms with Crippen molar-refractivity contribution in [2.45, 2.75) is 26.4 Å². The van der Waals surface area contributed by atoms with Crippen molar-refractivity contribution in [3.63, 3.8) is 0 Å². The van der Waals surface area contributed by atoms with Crippen molar-refractivity contribution >= 4 is 0 Å². The Morgan fingerprint density at radius 3 is 2.48 bits per heavy atom. The van der Waals surface area contributed by atoms with Gasteiger partial charge in [-0.1, -0.05) is 18.2 Å². The molecule has 0 aliphatic heterocycles. The van der Waals surface area contributed by atoms with Gasteiger partial charge in [0.15, 0.2) is 0 Å². The number of halogens is 3. The Hall–Kier alpha value is -2.02. The summed E-state index contributed by atoms with van der Waals surface area (Å²) in [6, 6.07) is 6.09. The number of nitrogens with zero attached hydrogens (tertiary/aromatic N) is 2. The monoisotopic (exact) mass is 299 g/mol. The minimum absolute atomic E-state index is 0.180. The molecule has 0 unspecified atom stereocenters. The Morgan fingerprint density at radius 1 is 1.19 bits per heavy atom. The van der Waals surface area contributed by atoms with Crippen LogP contribution in [-0.2, 0) is 20.1 Å². The molecule has 0 amide bonds. The van der Waals surface area contributed by atoms with Gasteiger partial charge < -0.3 is 10.1 Å². The van der Waals surface area contributed by atoms with Crippen molar-refractivity contribution in [3.05, 3.63) is 47.3 Å². The standard InChI is InChI=1S/C14H16F3N3O/c1-10-12(9-19-20(10)2)8-18-7-11-5-3-4-6-13(11)21-14(15,16)17/h3-6,9,18H,7-8H2,1-2H3. The lowest BCUT2D eigenvalue weighted by molar-refractivity contribution is -0.274. The molecular weight excluding hydrogens is 283 g/mol. The van der Waals surface area contributed by atoms with Gasteiger partial charge in [0.25, 0.3) is 0 Å². The minimum Gasteiger partial charge on any atom is -0.405 e. The summed E-state index contributed by atoms with van der Waals surface area (Å²) in [4.78, 5) is 0. The number of hydrogen-bond donors (Lipinski definition) is 1. The van der Waals surface area contributed by atoms with E-state index >= 15 is 0 Å². The van der Waals surface area contributed by atoms with Gasteiger partial charge in [-0.2, -0.15) is 5.10 Å². The molecule has 0 saturated heterocycles. The lowest BCUT2D eigenvalue weighted by atomic mass is 10.2. The number of alkyl halides is 3. The van der Waals surface area contributed by atoms with E-state index in [9.17, 15) is 13.2 Å². The first kappa shape index (κ1) is 15.4. The fourth-order valence-corrected chi connectivity index (χ4v) is 1.92. The number of aryl methyl sites for hydroxylation is 1. The molecule has 0 atom stereocenters. The van der Waals surface area contributed by atoms with Gasteiger partial charge in [-0.05, 0) is 13.0 Å². The summed E-state index contributed by atoms with van der Waals surface area (Å²) < 4.78 is 42.7. The van der Waals surface area contributed by atoms with Crippen molar-refractivity contribution < 1.29 is 17.9 Å². The van der Waals surface area contributed by atoms with Crippen molar-refractivity contribution in [3.8, 4) is 5.75 Å². The molecule has 114 valence electrons. The Bertz CT molecular complexity index is 608. The number of nitrogens with one attached hydrogen (secondary N) is 1. The molecule has 7 heteroatoms. The minimum atomic E-state index is -4.68. The van der Waals surface area contributed by atoms with E-state index in [1.807, 2.05) is 14.0 Å². The molecule has 0 spiro atoms. The van der Waals surface area contributed by atoms with E-state index in [0.717, 1.165) is 11.3 Å². The average Bonchev–Trinajstić information content (AvgIpc) is 2.71. The second-order valence-electron chi connectivity index (χ2n) is 4.64. The summed E-state index contributed by atoms with van der Waals surface area (Å²) >= 11 is 0. The summed E-state index contributed by atoms with van der Waals surface area (Å²) in [5.41, 5.74) is 2.48. The van der Waals surface area contributed by atoms with Crippen LogP contribution in [0.4, 0.5) is 13.2 Å². The Kier molecular flexibility index (Phi) is 4.52. The molecule has 1 aromatic heterocycles. The molecule has 2 rings (SSSR count). The van der Waals surface area contributed by atoms with Crippen LogP contribution in [0.1, 0.15) is 16.8 Å². The van der Waals surface area contributed by atoms with E-state index in [1.165, 1.54) is 12.1 Å². The summed E-state index contributed by atoms with van der Waals surface area (Å²) in [6.45, 7) is 2.74. The molecule has 0 aliphatic carbocycles. The van der Waals surface area contributed by atoms with E-state index in [0.29, 0.717) is 12.1 Å². The molecule has 1 aromatic carbocycles. The molecule has 0 bridgehead atoms. The Labute approximate surface area is 120 Å². The van der Waals surface area contributed by atoms with E-state index in [1.54, 1.807) is 23.0 Å². The van der Waals surface area contributed by atoms with Crippen molar-refractivity contribution in [2.75, 3.05) is 0 Å². The molecule has 1 N–H and O–H groups in total. The predicted octanol–water partition coefficient (Wildman–Crippen LogP) is 2.92. The van der Waals surface area contributed by atoms with Gasteiger partial charge in [-0.3, -0.25) is 4.68 Å². The number of rotatable bonds is 5. The van der Waals surface area contributed by atoms with Crippen LogP contribution < -0.4 is 10.1 Å². The molecule has 21 heavy (non-hydrogen) atoms. The van der Waals surface area contributed by atoms with E-state index < -0.39 is 6.36 Å². The van der Waals surface area contributed by atoms with Crippen LogP contribution in [0, 0.1) is 6.92 Å². The molecule has 2 aromatic rings. The number of hydrogen-bond acceptors (Lipinski definition) is 3. The predicted molar refractivity (Wildman–Crippen MR) is 71.6 cm³/mol. The zero-order valence-corrected chi connectivity index (χ0v) is 11.7. The summed E-state index contributed by atoms with van der Waals surface area (Å²) in [6.07, 6.45) is -2.95. The largest absolute Gasteiger partial charge is 0.573 e. The van der Waals surface area contributed by atoms with E-state index in [2.05, 4.69) is 15.2 Å². The van der Waals surface area contributed by atoms with Crippen molar-refractivity contribution in [1.29, 1.82) is 0 Å². The smallest absolute Gasteiger partial charge is 0.405 e. The lowest BCUT2D eigenvalue weighted by Gasteiger charge is -2.13. The SMILES string of the molecule is Cc1c(CNCc2ccccc2OC(F)(F)F)cnn1C. The average molecular weight is 299 g/mol. The third-order valence-corrected chi connectivity index (χ3v) is 3.17. The second kappa shape index (κ2) is 6.17. The summed E-state index contributed by atoms with van der Waals surface area (Å²) in [5.74, 6) is -0.180. The maximum atomic E-state index is 12.3. The molecule has 0 saturated carbocycles. The molecule has 0 radical (unpaired) electrons. The first-order chi connectivity index (χ1) is 9.87. The van der Waals surface area contributed by atoms with Crippen LogP contribution in [0.3, 0.4) is 0 Å². The third-order valence-electron chi connectivity index (χ3n) is 3.17. The van der Waals surface area contributed by atoms with Crippen LogP contribution in [-0.4, -0.2) is 16.1 Å². The van der Waals surface area contributed by atoms with Gasteiger partial charge in [0, 0.05) is 37.0 Å². The molecule has 0 aliphatic rings. The first-order valence-electron chi connectivity index (χ1n) is 6.38. The maximum Gasteiger partial charge on any atom is 0.573 e. The molecular formula is C14H16F3N3O. The lowest BCUT2D eigenvalue weighted by Crippen LogP contribution is -2.20. The van der Waals surface area contributed by atoms with Crippen LogP contribution in [0.25, 0.3) is 0 Å². The highest BCUT2D eigenvalue weighted by Gasteiger charge is 2.31. The van der Waals surface area contributed by atoms with Gasteiger partial charge in [0.2, 0.25) is 0 Å². The number of ether oxygens (including phenoxy) is 1. The molecule has 0 fully saturated rings. The van der Waals surface area contributed by atoms with Crippen molar-refractivity contribution in [2.24, 2.45) is 7.05 Å². The van der Waals surface area contributed by atoms with Crippen molar-refractivity contribution in [1.82, 2.24) is 15.1 Å². The topological polar surface area (TPSA) is 39.1 Å². The van der Waals surface area contributed by atoms with Crippen LogP contribution in [0.5, 0.6) is 5.75 Å². The van der Waals surface area contributed by atoms with Gasteiger partial charge in [0.05, 0.1) is 6.20 Å². The highest BCUT2D eigenvalue weighted by molar-refractivity contribution is 5.33. The van der Waals surface area contributed by atoms with Crippen LogP contribution in [0.2, 0.25) is 0 Å². The molecule has 1 heterocycles. The zero-order chi connectivity index (χ0) is 15.5. The molecule has 4 nitrogen and oxygen atoms in total. The third kappa shape index (κ3) is 4.22. The number of aromatic nitrogens is 2.